The molecule has 116 valence electrons. The fraction of sp³-hybridized carbons (Fsp3) is 0.529. The van der Waals surface area contributed by atoms with Crippen LogP contribution < -0.4 is 0 Å². The second kappa shape index (κ2) is 9.16. The Kier molecular flexibility index (Phi) is 7.51. The third-order valence-electron chi connectivity index (χ3n) is 3.61. The molecule has 0 bridgehead atoms. The Morgan fingerprint density at radius 1 is 1.24 bits per heavy atom. The number of aliphatic carboxylic acids is 1. The van der Waals surface area contributed by atoms with Crippen LogP contribution in [0, 0.1) is 5.92 Å². The van der Waals surface area contributed by atoms with Crippen molar-refractivity contribution >= 4 is 11.9 Å². The quantitative estimate of drug-likeness (QED) is 0.759. The number of amides is 1. The Labute approximate surface area is 126 Å². The van der Waals surface area contributed by atoms with Crippen molar-refractivity contribution in [3.63, 3.8) is 0 Å². The molecule has 0 heterocycles. The molecule has 4 heteroatoms. The summed E-state index contributed by atoms with van der Waals surface area (Å²) in [6.07, 6.45) is 2.09. The van der Waals surface area contributed by atoms with Crippen molar-refractivity contribution in [1.29, 1.82) is 0 Å². The maximum Gasteiger partial charge on any atom is 0.303 e. The van der Waals surface area contributed by atoms with Crippen molar-refractivity contribution in [1.82, 2.24) is 4.90 Å². The maximum absolute atomic E-state index is 12.4. The number of carboxylic acid groups (broad SMARTS) is 1. The number of hydrogen-bond donors (Lipinski definition) is 1. The molecule has 4 nitrogen and oxygen atoms in total. The highest BCUT2D eigenvalue weighted by atomic mass is 16.4. The van der Waals surface area contributed by atoms with Crippen LogP contribution in [0.3, 0.4) is 0 Å². The van der Waals surface area contributed by atoms with Crippen molar-refractivity contribution in [3.8, 4) is 0 Å². The van der Waals surface area contributed by atoms with E-state index in [2.05, 4.69) is 13.8 Å². The van der Waals surface area contributed by atoms with Crippen LogP contribution in [0.2, 0.25) is 0 Å². The fourth-order valence-corrected chi connectivity index (χ4v) is 2.09. The van der Waals surface area contributed by atoms with Gasteiger partial charge in [0.1, 0.15) is 0 Å². The van der Waals surface area contributed by atoms with Crippen LogP contribution in [-0.2, 0) is 16.1 Å². The van der Waals surface area contributed by atoms with E-state index in [4.69, 9.17) is 5.11 Å². The summed E-state index contributed by atoms with van der Waals surface area (Å²) in [7, 11) is 0. The lowest BCUT2D eigenvalue weighted by atomic mass is 10.0. The van der Waals surface area contributed by atoms with Gasteiger partial charge in [-0.1, -0.05) is 50.6 Å². The molecule has 1 N–H and O–H groups in total. The molecule has 0 radical (unpaired) electrons. The van der Waals surface area contributed by atoms with E-state index in [0.29, 0.717) is 31.8 Å². The van der Waals surface area contributed by atoms with Crippen LogP contribution in [0.4, 0.5) is 0 Å². The molecule has 1 atom stereocenters. The highest BCUT2D eigenvalue weighted by Gasteiger charge is 2.16. The number of carboxylic acids is 1. The van der Waals surface area contributed by atoms with E-state index in [0.717, 1.165) is 12.0 Å². The minimum Gasteiger partial charge on any atom is -0.481 e. The van der Waals surface area contributed by atoms with Gasteiger partial charge in [-0.2, -0.15) is 0 Å². The van der Waals surface area contributed by atoms with Gasteiger partial charge in [0.15, 0.2) is 0 Å². The van der Waals surface area contributed by atoms with Crippen LogP contribution >= 0.6 is 0 Å². The predicted molar refractivity (Wildman–Crippen MR) is 82.8 cm³/mol. The summed E-state index contributed by atoms with van der Waals surface area (Å²) in [5.74, 6) is -0.349. The standard InChI is InChI=1S/C17H25NO3/c1-3-14(2)12-16(19)18(11-7-10-17(20)21)13-15-8-5-4-6-9-15/h4-6,8-9,14H,3,7,10-13H2,1-2H3,(H,20,21). The molecule has 21 heavy (non-hydrogen) atoms. The van der Waals surface area contributed by atoms with Gasteiger partial charge < -0.3 is 10.0 Å². The number of hydrogen-bond acceptors (Lipinski definition) is 2. The Morgan fingerprint density at radius 3 is 2.48 bits per heavy atom. The molecule has 1 rings (SSSR count). The van der Waals surface area contributed by atoms with Crippen molar-refractivity contribution in [2.45, 2.75) is 46.1 Å². The monoisotopic (exact) mass is 291 g/mol. The zero-order chi connectivity index (χ0) is 15.7. The van der Waals surface area contributed by atoms with Gasteiger partial charge in [-0.25, -0.2) is 0 Å². The summed E-state index contributed by atoms with van der Waals surface area (Å²) in [6, 6.07) is 9.81. The van der Waals surface area contributed by atoms with Gasteiger partial charge >= 0.3 is 5.97 Å². The van der Waals surface area contributed by atoms with Gasteiger partial charge in [0.2, 0.25) is 5.91 Å². The van der Waals surface area contributed by atoms with Crippen molar-refractivity contribution in [3.05, 3.63) is 35.9 Å². The van der Waals surface area contributed by atoms with E-state index in [1.165, 1.54) is 0 Å². The molecule has 1 amide bonds. The van der Waals surface area contributed by atoms with Crippen LogP contribution in [0.25, 0.3) is 0 Å². The Hall–Kier alpha value is -1.84. The SMILES string of the molecule is CCC(C)CC(=O)N(CCCC(=O)O)Cc1ccccc1. The van der Waals surface area contributed by atoms with Crippen molar-refractivity contribution in [2.24, 2.45) is 5.92 Å². The Morgan fingerprint density at radius 2 is 1.90 bits per heavy atom. The first-order valence-electron chi connectivity index (χ1n) is 7.56. The molecular weight excluding hydrogens is 266 g/mol. The van der Waals surface area contributed by atoms with Crippen LogP contribution in [0.1, 0.15) is 45.1 Å². The molecular formula is C17H25NO3. The van der Waals surface area contributed by atoms with Gasteiger partial charge in [0.25, 0.3) is 0 Å². The van der Waals surface area contributed by atoms with Crippen LogP contribution in [0.5, 0.6) is 0 Å². The summed E-state index contributed by atoms with van der Waals surface area (Å²) < 4.78 is 0. The third-order valence-corrected chi connectivity index (χ3v) is 3.61. The third kappa shape index (κ3) is 6.93. The number of rotatable bonds is 9. The number of carbonyl (C=O) groups excluding carboxylic acids is 1. The first-order chi connectivity index (χ1) is 10.0. The summed E-state index contributed by atoms with van der Waals surface area (Å²) in [5, 5.41) is 8.73. The topological polar surface area (TPSA) is 57.6 Å². The Bertz CT molecular complexity index is 445. The smallest absolute Gasteiger partial charge is 0.303 e. The summed E-state index contributed by atoms with van der Waals surface area (Å²) in [5.41, 5.74) is 1.07. The van der Waals surface area contributed by atoms with E-state index in [1.54, 1.807) is 4.90 Å². The van der Waals surface area contributed by atoms with E-state index in [9.17, 15) is 9.59 Å². The molecule has 1 unspecified atom stereocenters. The molecule has 0 aliphatic heterocycles. The summed E-state index contributed by atoms with van der Waals surface area (Å²) >= 11 is 0. The zero-order valence-corrected chi connectivity index (χ0v) is 12.9. The minimum atomic E-state index is -0.816. The van der Waals surface area contributed by atoms with E-state index in [1.807, 2.05) is 30.3 Å². The first kappa shape index (κ1) is 17.2. The largest absolute Gasteiger partial charge is 0.481 e. The highest BCUT2D eigenvalue weighted by molar-refractivity contribution is 5.76. The van der Waals surface area contributed by atoms with E-state index < -0.39 is 5.97 Å². The molecule has 0 saturated heterocycles. The first-order valence-corrected chi connectivity index (χ1v) is 7.56. The van der Waals surface area contributed by atoms with Crippen molar-refractivity contribution < 1.29 is 14.7 Å². The van der Waals surface area contributed by atoms with E-state index >= 15 is 0 Å². The normalized spacial score (nSPS) is 11.9. The molecule has 0 saturated carbocycles. The van der Waals surface area contributed by atoms with Crippen molar-refractivity contribution in [2.75, 3.05) is 6.54 Å². The fourth-order valence-electron chi connectivity index (χ4n) is 2.09. The molecule has 0 fully saturated rings. The lowest BCUT2D eigenvalue weighted by Gasteiger charge is -2.24. The van der Waals surface area contributed by atoms with Crippen LogP contribution in [-0.4, -0.2) is 28.4 Å². The molecule has 0 aliphatic rings. The van der Waals surface area contributed by atoms with Gasteiger partial charge in [-0.05, 0) is 17.9 Å². The van der Waals surface area contributed by atoms with Crippen LogP contribution in [0.15, 0.2) is 30.3 Å². The van der Waals surface area contributed by atoms with Gasteiger partial charge in [0, 0.05) is 25.9 Å². The van der Waals surface area contributed by atoms with Gasteiger partial charge in [-0.15, -0.1) is 0 Å². The molecule has 0 aliphatic carbocycles. The predicted octanol–water partition coefficient (Wildman–Crippen LogP) is 3.32. The molecule has 1 aromatic rings. The summed E-state index contributed by atoms with van der Waals surface area (Å²) in [4.78, 5) is 24.8. The average Bonchev–Trinajstić information content (AvgIpc) is 2.46. The number of nitrogens with zero attached hydrogens (tertiary/aromatic N) is 1. The highest BCUT2D eigenvalue weighted by Crippen LogP contribution is 2.13. The lowest BCUT2D eigenvalue weighted by molar-refractivity contribution is -0.138. The Balaban J connectivity index is 2.64. The average molecular weight is 291 g/mol. The van der Waals surface area contributed by atoms with E-state index in [-0.39, 0.29) is 12.3 Å². The summed E-state index contributed by atoms with van der Waals surface area (Å²) in [6.45, 7) is 5.19. The second-order valence-corrected chi connectivity index (χ2v) is 5.52. The minimum absolute atomic E-state index is 0.0991. The molecule has 1 aromatic carbocycles. The maximum atomic E-state index is 12.4. The lowest BCUT2D eigenvalue weighted by Crippen LogP contribution is -2.32. The van der Waals surface area contributed by atoms with Gasteiger partial charge in [-0.3, -0.25) is 9.59 Å². The zero-order valence-electron chi connectivity index (χ0n) is 12.9. The second-order valence-electron chi connectivity index (χ2n) is 5.52. The number of benzene rings is 1. The molecule has 0 spiro atoms. The molecule has 0 aromatic heterocycles. The number of carbonyl (C=O) groups is 2. The van der Waals surface area contributed by atoms with Gasteiger partial charge in [0.05, 0.1) is 0 Å².